The lowest BCUT2D eigenvalue weighted by molar-refractivity contribution is 0.0988. The van der Waals surface area contributed by atoms with Crippen molar-refractivity contribution in [3.63, 3.8) is 0 Å². The highest BCUT2D eigenvalue weighted by Crippen LogP contribution is 2.27. The number of H-pyrrole nitrogens is 1. The van der Waals surface area contributed by atoms with Crippen molar-refractivity contribution in [1.82, 2.24) is 4.98 Å². The van der Waals surface area contributed by atoms with E-state index in [0.29, 0.717) is 5.69 Å². The van der Waals surface area contributed by atoms with Crippen molar-refractivity contribution >= 4 is 22.5 Å². The van der Waals surface area contributed by atoms with Crippen LogP contribution in [0.25, 0.3) is 10.9 Å². The molecule has 0 atom stereocenters. The number of hydrogen-bond donors (Lipinski definition) is 1. The lowest BCUT2D eigenvalue weighted by Crippen LogP contribution is -2.27. The van der Waals surface area contributed by atoms with Crippen LogP contribution >= 0.6 is 0 Å². The molecule has 0 saturated carbocycles. The molecule has 0 aliphatic rings. The van der Waals surface area contributed by atoms with Gasteiger partial charge in [0.25, 0.3) is 5.91 Å². The first kappa shape index (κ1) is 14.2. The fourth-order valence-electron chi connectivity index (χ4n) is 2.59. The van der Waals surface area contributed by atoms with Crippen molar-refractivity contribution in [2.24, 2.45) is 0 Å². The van der Waals surface area contributed by atoms with Crippen molar-refractivity contribution in [1.29, 1.82) is 0 Å². The molecule has 1 aromatic heterocycles. The second kappa shape index (κ2) is 5.56. The van der Waals surface area contributed by atoms with Crippen LogP contribution in [0.2, 0.25) is 0 Å². The number of ether oxygens (including phenoxy) is 1. The van der Waals surface area contributed by atoms with Crippen LogP contribution < -0.4 is 9.64 Å². The second-order valence-electron chi connectivity index (χ2n) is 5.24. The number of nitrogens with zero attached hydrogens (tertiary/aromatic N) is 1. The SMILES string of the molecule is COc1ccc2c(C)c(C(=O)N(C)c3ccccc3)[nH]c2c1. The van der Waals surface area contributed by atoms with Gasteiger partial charge >= 0.3 is 0 Å². The van der Waals surface area contributed by atoms with Gasteiger partial charge in [-0.15, -0.1) is 0 Å². The maximum atomic E-state index is 12.8. The predicted molar refractivity (Wildman–Crippen MR) is 88.8 cm³/mol. The molecule has 0 saturated heterocycles. The molecule has 0 spiro atoms. The summed E-state index contributed by atoms with van der Waals surface area (Å²) in [5.74, 6) is 0.711. The topological polar surface area (TPSA) is 45.3 Å². The van der Waals surface area contributed by atoms with E-state index in [2.05, 4.69) is 4.98 Å². The van der Waals surface area contributed by atoms with Crippen molar-refractivity contribution in [2.45, 2.75) is 6.92 Å². The number of hydrogen-bond acceptors (Lipinski definition) is 2. The highest BCUT2D eigenvalue weighted by Gasteiger charge is 2.19. The highest BCUT2D eigenvalue weighted by atomic mass is 16.5. The van der Waals surface area contributed by atoms with E-state index in [-0.39, 0.29) is 5.91 Å². The largest absolute Gasteiger partial charge is 0.497 e. The van der Waals surface area contributed by atoms with Gasteiger partial charge in [-0.2, -0.15) is 0 Å². The van der Waals surface area contributed by atoms with Crippen LogP contribution in [0.5, 0.6) is 5.75 Å². The van der Waals surface area contributed by atoms with Crippen LogP contribution in [0.3, 0.4) is 0 Å². The third-order valence-corrected chi connectivity index (χ3v) is 3.93. The first-order valence-electron chi connectivity index (χ1n) is 7.11. The standard InChI is InChI=1S/C18H18N2O2/c1-12-15-10-9-14(22-3)11-16(15)19-17(12)18(21)20(2)13-7-5-4-6-8-13/h4-11,19H,1-3H3. The number of carbonyl (C=O) groups excluding carboxylic acids is 1. The molecular weight excluding hydrogens is 276 g/mol. The first-order valence-corrected chi connectivity index (χ1v) is 7.11. The Morgan fingerprint density at radius 3 is 2.55 bits per heavy atom. The molecule has 0 radical (unpaired) electrons. The predicted octanol–water partition coefficient (Wildman–Crippen LogP) is 3.76. The lowest BCUT2D eigenvalue weighted by atomic mass is 10.1. The average Bonchev–Trinajstić information content (AvgIpc) is 2.90. The van der Waals surface area contributed by atoms with Gasteiger partial charge in [-0.25, -0.2) is 0 Å². The zero-order valence-corrected chi connectivity index (χ0v) is 12.9. The molecule has 22 heavy (non-hydrogen) atoms. The van der Waals surface area contributed by atoms with E-state index in [0.717, 1.165) is 27.9 Å². The Hall–Kier alpha value is -2.75. The Morgan fingerprint density at radius 1 is 1.14 bits per heavy atom. The van der Waals surface area contributed by atoms with Gasteiger partial charge in [0.1, 0.15) is 11.4 Å². The van der Waals surface area contributed by atoms with Crippen molar-refractivity contribution in [3.05, 3.63) is 59.8 Å². The molecule has 0 aliphatic carbocycles. The summed E-state index contributed by atoms with van der Waals surface area (Å²) in [6, 6.07) is 15.4. The smallest absolute Gasteiger partial charge is 0.274 e. The molecule has 1 heterocycles. The molecule has 4 heteroatoms. The van der Waals surface area contributed by atoms with Crippen LogP contribution in [-0.2, 0) is 0 Å². The van der Waals surface area contributed by atoms with Crippen LogP contribution in [0.4, 0.5) is 5.69 Å². The molecule has 1 amide bonds. The van der Waals surface area contributed by atoms with Gasteiger partial charge in [-0.05, 0) is 36.8 Å². The Labute approximate surface area is 129 Å². The lowest BCUT2D eigenvalue weighted by Gasteiger charge is -2.16. The van der Waals surface area contributed by atoms with Crippen LogP contribution in [0.1, 0.15) is 16.1 Å². The van der Waals surface area contributed by atoms with Gasteiger partial charge in [-0.3, -0.25) is 4.79 Å². The van der Waals surface area contributed by atoms with Gasteiger partial charge in [0, 0.05) is 29.7 Å². The number of amides is 1. The number of nitrogens with one attached hydrogen (secondary N) is 1. The Balaban J connectivity index is 2.02. The molecule has 0 aliphatic heterocycles. The molecule has 4 nitrogen and oxygen atoms in total. The van der Waals surface area contributed by atoms with Gasteiger partial charge in [0.05, 0.1) is 7.11 Å². The zero-order chi connectivity index (χ0) is 15.7. The van der Waals surface area contributed by atoms with Crippen molar-refractivity contribution < 1.29 is 9.53 Å². The molecule has 2 aromatic carbocycles. The summed E-state index contributed by atoms with van der Waals surface area (Å²) < 4.78 is 5.23. The van der Waals surface area contributed by atoms with E-state index in [1.54, 1.807) is 19.1 Å². The maximum absolute atomic E-state index is 12.8. The van der Waals surface area contributed by atoms with Gasteiger partial charge < -0.3 is 14.6 Å². The van der Waals surface area contributed by atoms with E-state index >= 15 is 0 Å². The van der Waals surface area contributed by atoms with E-state index < -0.39 is 0 Å². The van der Waals surface area contributed by atoms with Crippen molar-refractivity contribution in [2.75, 3.05) is 19.1 Å². The number of methoxy groups -OCH3 is 1. The summed E-state index contributed by atoms with van der Waals surface area (Å²) in [6.45, 7) is 1.96. The molecule has 3 aromatic rings. The summed E-state index contributed by atoms with van der Waals surface area (Å²) >= 11 is 0. The zero-order valence-electron chi connectivity index (χ0n) is 12.9. The Bertz CT molecular complexity index is 822. The minimum Gasteiger partial charge on any atom is -0.497 e. The van der Waals surface area contributed by atoms with Crippen molar-refractivity contribution in [3.8, 4) is 5.75 Å². The van der Waals surface area contributed by atoms with Gasteiger partial charge in [0.15, 0.2) is 0 Å². The minimum atomic E-state index is -0.0566. The normalized spacial score (nSPS) is 10.7. The van der Waals surface area contributed by atoms with Crippen LogP contribution in [-0.4, -0.2) is 25.0 Å². The fraction of sp³-hybridized carbons (Fsp3) is 0.167. The number of benzene rings is 2. The maximum Gasteiger partial charge on any atom is 0.274 e. The fourth-order valence-corrected chi connectivity index (χ4v) is 2.59. The van der Waals surface area contributed by atoms with E-state index in [1.807, 2.05) is 55.5 Å². The number of anilines is 1. The molecule has 112 valence electrons. The number of aryl methyl sites for hydroxylation is 1. The summed E-state index contributed by atoms with van der Waals surface area (Å²) in [6.07, 6.45) is 0. The summed E-state index contributed by atoms with van der Waals surface area (Å²) in [5.41, 5.74) is 3.32. The third kappa shape index (κ3) is 2.33. The minimum absolute atomic E-state index is 0.0566. The Kier molecular flexibility index (Phi) is 3.59. The number of carbonyl (C=O) groups is 1. The highest BCUT2D eigenvalue weighted by molar-refractivity contribution is 6.09. The second-order valence-corrected chi connectivity index (χ2v) is 5.24. The number of fused-ring (bicyclic) bond motifs is 1. The molecule has 3 rings (SSSR count). The molecule has 1 N–H and O–H groups in total. The first-order chi connectivity index (χ1) is 10.6. The Morgan fingerprint density at radius 2 is 1.86 bits per heavy atom. The van der Waals surface area contributed by atoms with Crippen LogP contribution in [0.15, 0.2) is 48.5 Å². The summed E-state index contributed by atoms with van der Waals surface area (Å²) in [7, 11) is 3.41. The number of aromatic amines is 1. The van der Waals surface area contributed by atoms with E-state index in [9.17, 15) is 4.79 Å². The molecular formula is C18H18N2O2. The van der Waals surface area contributed by atoms with Gasteiger partial charge in [-0.1, -0.05) is 18.2 Å². The number of rotatable bonds is 3. The number of aromatic nitrogens is 1. The monoisotopic (exact) mass is 294 g/mol. The van der Waals surface area contributed by atoms with Gasteiger partial charge in [0.2, 0.25) is 0 Å². The summed E-state index contributed by atoms with van der Waals surface area (Å²) in [5, 5.41) is 1.03. The van der Waals surface area contributed by atoms with E-state index in [1.165, 1.54) is 0 Å². The quantitative estimate of drug-likeness (QED) is 0.799. The van der Waals surface area contributed by atoms with Crippen LogP contribution in [0, 0.1) is 6.92 Å². The van der Waals surface area contributed by atoms with E-state index in [4.69, 9.17) is 4.74 Å². The summed E-state index contributed by atoms with van der Waals surface area (Å²) in [4.78, 5) is 17.6. The molecule has 0 bridgehead atoms. The third-order valence-electron chi connectivity index (χ3n) is 3.93. The number of para-hydroxylation sites is 1. The molecule has 0 fully saturated rings. The molecule has 0 unspecified atom stereocenters. The average molecular weight is 294 g/mol.